The van der Waals surface area contributed by atoms with Gasteiger partial charge in [0.2, 0.25) is 0 Å². The average Bonchev–Trinajstić information content (AvgIpc) is 2.26. The molecule has 1 rings (SSSR count). The lowest BCUT2D eigenvalue weighted by atomic mass is 9.99. The molecule has 1 unspecified atom stereocenters. The summed E-state index contributed by atoms with van der Waals surface area (Å²) in [6, 6.07) is 3.97. The molecule has 1 atom stereocenters. The summed E-state index contributed by atoms with van der Waals surface area (Å²) >= 11 is 0. The lowest BCUT2D eigenvalue weighted by Gasteiger charge is -2.16. The molecule has 110 valence electrons. The van der Waals surface area contributed by atoms with Gasteiger partial charge in [-0.05, 0) is 51.7 Å². The summed E-state index contributed by atoms with van der Waals surface area (Å²) < 4.78 is 0. The Kier molecular flexibility index (Phi) is 5.74. The van der Waals surface area contributed by atoms with Crippen LogP contribution in [-0.2, 0) is 4.79 Å². The molecule has 0 radical (unpaired) electrons. The number of hydrogen-bond donors (Lipinski definition) is 2. The quantitative estimate of drug-likeness (QED) is 0.840. The molecule has 0 aliphatic carbocycles. The Morgan fingerprint density at radius 2 is 1.75 bits per heavy atom. The standard InChI is InChI=1S/C16H23NO3/c1-10-8-11(2)15(12(3)9-10)16(20)17-13(4)6-5-7-14(18)19/h8-9,13H,5-7H2,1-4H3,(H,17,20)(H,18,19). The summed E-state index contributed by atoms with van der Waals surface area (Å²) in [5.74, 6) is -0.878. The Balaban J connectivity index is 2.65. The molecule has 0 spiro atoms. The molecule has 4 nitrogen and oxygen atoms in total. The Morgan fingerprint density at radius 1 is 1.20 bits per heavy atom. The Bertz CT molecular complexity index is 485. The van der Waals surface area contributed by atoms with E-state index in [2.05, 4.69) is 5.32 Å². The topological polar surface area (TPSA) is 66.4 Å². The third-order valence-electron chi connectivity index (χ3n) is 3.31. The van der Waals surface area contributed by atoms with E-state index in [1.807, 2.05) is 39.8 Å². The molecule has 0 saturated heterocycles. The first-order valence-corrected chi connectivity index (χ1v) is 6.91. The smallest absolute Gasteiger partial charge is 0.303 e. The van der Waals surface area contributed by atoms with E-state index < -0.39 is 5.97 Å². The SMILES string of the molecule is Cc1cc(C)c(C(=O)NC(C)CCCC(=O)O)c(C)c1. The predicted molar refractivity (Wildman–Crippen MR) is 79.1 cm³/mol. The lowest BCUT2D eigenvalue weighted by molar-refractivity contribution is -0.137. The summed E-state index contributed by atoms with van der Waals surface area (Å²) in [7, 11) is 0. The summed E-state index contributed by atoms with van der Waals surface area (Å²) in [5, 5.41) is 11.5. The van der Waals surface area contributed by atoms with Crippen LogP contribution >= 0.6 is 0 Å². The van der Waals surface area contributed by atoms with Crippen molar-refractivity contribution in [3.63, 3.8) is 0 Å². The van der Waals surface area contributed by atoms with Crippen LogP contribution in [0, 0.1) is 20.8 Å². The molecule has 20 heavy (non-hydrogen) atoms. The van der Waals surface area contributed by atoms with Crippen molar-refractivity contribution in [3.05, 3.63) is 34.4 Å². The number of aliphatic carboxylic acids is 1. The van der Waals surface area contributed by atoms with Gasteiger partial charge >= 0.3 is 5.97 Å². The van der Waals surface area contributed by atoms with Crippen LogP contribution in [0.3, 0.4) is 0 Å². The van der Waals surface area contributed by atoms with Crippen LogP contribution < -0.4 is 5.32 Å². The molecule has 4 heteroatoms. The fraction of sp³-hybridized carbons (Fsp3) is 0.500. The Hall–Kier alpha value is -1.84. The summed E-state index contributed by atoms with van der Waals surface area (Å²) in [6.07, 6.45) is 1.38. The van der Waals surface area contributed by atoms with E-state index in [1.165, 1.54) is 0 Å². The first kappa shape index (κ1) is 16.2. The van der Waals surface area contributed by atoms with Crippen molar-refractivity contribution < 1.29 is 14.7 Å². The molecule has 0 aliphatic heterocycles. The van der Waals surface area contributed by atoms with Crippen LogP contribution in [0.25, 0.3) is 0 Å². The monoisotopic (exact) mass is 277 g/mol. The van der Waals surface area contributed by atoms with Gasteiger partial charge in [0.05, 0.1) is 0 Å². The number of benzene rings is 1. The van der Waals surface area contributed by atoms with Crippen molar-refractivity contribution in [2.45, 2.75) is 53.0 Å². The highest BCUT2D eigenvalue weighted by Gasteiger charge is 2.15. The van der Waals surface area contributed by atoms with Gasteiger partial charge in [0.25, 0.3) is 5.91 Å². The van der Waals surface area contributed by atoms with Gasteiger partial charge in [-0.25, -0.2) is 0 Å². The molecule has 1 aromatic carbocycles. The van der Waals surface area contributed by atoms with Crippen LogP contribution in [0.2, 0.25) is 0 Å². The number of carbonyl (C=O) groups is 2. The Labute approximate surface area is 120 Å². The van der Waals surface area contributed by atoms with Crippen molar-refractivity contribution in [3.8, 4) is 0 Å². The van der Waals surface area contributed by atoms with Crippen LogP contribution in [0.4, 0.5) is 0 Å². The van der Waals surface area contributed by atoms with Crippen molar-refractivity contribution in [2.24, 2.45) is 0 Å². The van der Waals surface area contributed by atoms with Gasteiger partial charge in [0, 0.05) is 18.0 Å². The number of hydrogen-bond acceptors (Lipinski definition) is 2. The maximum atomic E-state index is 12.3. The van der Waals surface area contributed by atoms with Gasteiger partial charge in [-0.15, -0.1) is 0 Å². The zero-order chi connectivity index (χ0) is 15.3. The first-order chi connectivity index (χ1) is 9.31. The van der Waals surface area contributed by atoms with E-state index in [0.29, 0.717) is 12.8 Å². The number of carboxylic acid groups (broad SMARTS) is 1. The number of aryl methyl sites for hydroxylation is 3. The van der Waals surface area contributed by atoms with Gasteiger partial charge in [-0.2, -0.15) is 0 Å². The van der Waals surface area contributed by atoms with E-state index >= 15 is 0 Å². The maximum Gasteiger partial charge on any atom is 0.303 e. The van der Waals surface area contributed by atoms with Gasteiger partial charge < -0.3 is 10.4 Å². The molecule has 0 aliphatic rings. The second-order valence-electron chi connectivity index (χ2n) is 5.43. The number of nitrogens with one attached hydrogen (secondary N) is 1. The third kappa shape index (κ3) is 4.68. The van der Waals surface area contributed by atoms with E-state index in [-0.39, 0.29) is 18.4 Å². The first-order valence-electron chi connectivity index (χ1n) is 6.91. The van der Waals surface area contributed by atoms with Crippen LogP contribution in [0.5, 0.6) is 0 Å². The highest BCUT2D eigenvalue weighted by molar-refractivity contribution is 5.97. The highest BCUT2D eigenvalue weighted by atomic mass is 16.4. The highest BCUT2D eigenvalue weighted by Crippen LogP contribution is 2.16. The molecular formula is C16H23NO3. The second kappa shape index (κ2) is 7.08. The van der Waals surface area contributed by atoms with Crippen molar-refractivity contribution >= 4 is 11.9 Å². The third-order valence-corrected chi connectivity index (χ3v) is 3.31. The largest absolute Gasteiger partial charge is 0.481 e. The van der Waals surface area contributed by atoms with E-state index in [9.17, 15) is 9.59 Å². The normalized spacial score (nSPS) is 12.0. The summed E-state index contributed by atoms with van der Waals surface area (Å²) in [6.45, 7) is 7.78. The fourth-order valence-corrected chi connectivity index (χ4v) is 2.47. The molecule has 0 bridgehead atoms. The summed E-state index contributed by atoms with van der Waals surface area (Å²) in [5.41, 5.74) is 3.81. The summed E-state index contributed by atoms with van der Waals surface area (Å²) in [4.78, 5) is 22.7. The minimum Gasteiger partial charge on any atom is -0.481 e. The molecule has 0 heterocycles. The van der Waals surface area contributed by atoms with Crippen molar-refractivity contribution in [2.75, 3.05) is 0 Å². The maximum absolute atomic E-state index is 12.3. The number of rotatable bonds is 6. The zero-order valence-electron chi connectivity index (χ0n) is 12.6. The fourth-order valence-electron chi connectivity index (χ4n) is 2.47. The van der Waals surface area contributed by atoms with Crippen LogP contribution in [0.1, 0.15) is 53.2 Å². The van der Waals surface area contributed by atoms with Gasteiger partial charge in [0.1, 0.15) is 0 Å². The number of carboxylic acids is 1. The van der Waals surface area contributed by atoms with Crippen molar-refractivity contribution in [1.29, 1.82) is 0 Å². The van der Waals surface area contributed by atoms with E-state index in [0.717, 1.165) is 22.3 Å². The molecule has 0 saturated carbocycles. The van der Waals surface area contributed by atoms with Crippen LogP contribution in [-0.4, -0.2) is 23.0 Å². The van der Waals surface area contributed by atoms with E-state index in [4.69, 9.17) is 5.11 Å². The molecule has 1 amide bonds. The number of carbonyl (C=O) groups excluding carboxylic acids is 1. The molecule has 1 aromatic rings. The average molecular weight is 277 g/mol. The number of amides is 1. The molecule has 0 aromatic heterocycles. The predicted octanol–water partition coefficient (Wildman–Crippen LogP) is 2.99. The molecule has 0 fully saturated rings. The molecule has 2 N–H and O–H groups in total. The minimum atomic E-state index is -0.797. The second-order valence-corrected chi connectivity index (χ2v) is 5.43. The van der Waals surface area contributed by atoms with Gasteiger partial charge in [-0.1, -0.05) is 17.7 Å². The van der Waals surface area contributed by atoms with Gasteiger partial charge in [0.15, 0.2) is 0 Å². The van der Waals surface area contributed by atoms with Crippen molar-refractivity contribution in [1.82, 2.24) is 5.32 Å². The van der Waals surface area contributed by atoms with E-state index in [1.54, 1.807) is 0 Å². The van der Waals surface area contributed by atoms with Crippen LogP contribution in [0.15, 0.2) is 12.1 Å². The minimum absolute atomic E-state index is 0.0260. The Morgan fingerprint density at radius 3 is 2.25 bits per heavy atom. The molecular weight excluding hydrogens is 254 g/mol. The zero-order valence-corrected chi connectivity index (χ0v) is 12.6. The lowest BCUT2D eigenvalue weighted by Crippen LogP contribution is -2.33. The van der Waals surface area contributed by atoms with Gasteiger partial charge in [-0.3, -0.25) is 9.59 Å².